The fraction of sp³-hybridized carbons (Fsp3) is 0.500. The Balaban J connectivity index is 1.78. The SMILES string of the molecule is N#C[C@@H]1C[C@H]2CCc3ccccc3C2=C[C@H]1C1CC1. The van der Waals surface area contributed by atoms with Crippen LogP contribution in [-0.4, -0.2) is 0 Å². The van der Waals surface area contributed by atoms with E-state index >= 15 is 0 Å². The van der Waals surface area contributed by atoms with Crippen LogP contribution in [0, 0.1) is 35.0 Å². The molecule has 1 fully saturated rings. The van der Waals surface area contributed by atoms with Crippen molar-refractivity contribution >= 4 is 5.57 Å². The molecule has 96 valence electrons. The van der Waals surface area contributed by atoms with Gasteiger partial charge >= 0.3 is 0 Å². The lowest BCUT2D eigenvalue weighted by Gasteiger charge is -2.36. The fourth-order valence-electron chi connectivity index (χ4n) is 4.07. The van der Waals surface area contributed by atoms with E-state index in [0.29, 0.717) is 11.8 Å². The summed E-state index contributed by atoms with van der Waals surface area (Å²) in [6, 6.07) is 11.5. The lowest BCUT2D eigenvalue weighted by Crippen LogP contribution is -2.26. The first-order valence-corrected chi connectivity index (χ1v) is 7.56. The van der Waals surface area contributed by atoms with Gasteiger partial charge in [-0.25, -0.2) is 0 Å². The summed E-state index contributed by atoms with van der Waals surface area (Å²) in [5, 5.41) is 9.44. The van der Waals surface area contributed by atoms with Gasteiger partial charge in [0.2, 0.25) is 0 Å². The van der Waals surface area contributed by atoms with Gasteiger partial charge in [-0.05, 0) is 66.6 Å². The number of allylic oxidation sites excluding steroid dienone is 2. The molecule has 1 aromatic rings. The third kappa shape index (κ3) is 1.82. The van der Waals surface area contributed by atoms with E-state index in [1.165, 1.54) is 36.8 Å². The number of benzene rings is 1. The van der Waals surface area contributed by atoms with E-state index in [2.05, 4.69) is 36.4 Å². The monoisotopic (exact) mass is 249 g/mol. The molecular formula is C18H19N. The lowest BCUT2D eigenvalue weighted by molar-refractivity contribution is 0.342. The van der Waals surface area contributed by atoms with Crippen LogP contribution in [0.3, 0.4) is 0 Å². The molecule has 1 aromatic carbocycles. The van der Waals surface area contributed by atoms with Gasteiger partial charge in [-0.2, -0.15) is 5.26 Å². The van der Waals surface area contributed by atoms with Gasteiger partial charge in [0.1, 0.15) is 0 Å². The second-order valence-electron chi connectivity index (χ2n) is 6.40. The molecule has 0 saturated heterocycles. The van der Waals surface area contributed by atoms with Crippen LogP contribution in [0.5, 0.6) is 0 Å². The molecule has 1 saturated carbocycles. The van der Waals surface area contributed by atoms with E-state index in [0.717, 1.165) is 12.3 Å². The molecule has 4 rings (SSSR count). The summed E-state index contributed by atoms with van der Waals surface area (Å²) in [6.07, 6.45) is 8.66. The average Bonchev–Trinajstić information content (AvgIpc) is 3.30. The number of fused-ring (bicyclic) bond motifs is 3. The highest BCUT2D eigenvalue weighted by atomic mass is 14.5. The number of aryl methyl sites for hydroxylation is 1. The first-order valence-electron chi connectivity index (χ1n) is 7.56. The Bertz CT molecular complexity index is 574. The van der Waals surface area contributed by atoms with Crippen molar-refractivity contribution in [3.8, 4) is 6.07 Å². The van der Waals surface area contributed by atoms with Crippen LogP contribution in [-0.2, 0) is 6.42 Å². The van der Waals surface area contributed by atoms with Gasteiger partial charge in [0.05, 0.1) is 12.0 Å². The molecule has 3 atom stereocenters. The molecular weight excluding hydrogens is 230 g/mol. The summed E-state index contributed by atoms with van der Waals surface area (Å²) in [5.41, 5.74) is 4.54. The zero-order chi connectivity index (χ0) is 12.8. The van der Waals surface area contributed by atoms with E-state index < -0.39 is 0 Å². The van der Waals surface area contributed by atoms with Gasteiger partial charge in [0, 0.05) is 0 Å². The highest BCUT2D eigenvalue weighted by Gasteiger charge is 2.41. The molecule has 0 amide bonds. The van der Waals surface area contributed by atoms with Crippen molar-refractivity contribution in [1.29, 1.82) is 5.26 Å². The van der Waals surface area contributed by atoms with Crippen molar-refractivity contribution in [2.24, 2.45) is 23.7 Å². The second-order valence-corrected chi connectivity index (χ2v) is 6.40. The molecule has 3 aliphatic carbocycles. The Morgan fingerprint density at radius 1 is 1.11 bits per heavy atom. The number of rotatable bonds is 1. The maximum Gasteiger partial charge on any atom is 0.0662 e. The smallest absolute Gasteiger partial charge is 0.0662 e. The van der Waals surface area contributed by atoms with E-state index in [-0.39, 0.29) is 5.92 Å². The topological polar surface area (TPSA) is 23.8 Å². The van der Waals surface area contributed by atoms with Crippen LogP contribution >= 0.6 is 0 Å². The van der Waals surface area contributed by atoms with Gasteiger partial charge in [-0.1, -0.05) is 30.3 Å². The first-order chi connectivity index (χ1) is 9.36. The molecule has 0 aliphatic heterocycles. The minimum Gasteiger partial charge on any atom is -0.198 e. The zero-order valence-electron chi connectivity index (χ0n) is 11.2. The van der Waals surface area contributed by atoms with Gasteiger partial charge in [-0.15, -0.1) is 0 Å². The van der Waals surface area contributed by atoms with Crippen molar-refractivity contribution in [2.75, 3.05) is 0 Å². The summed E-state index contributed by atoms with van der Waals surface area (Å²) < 4.78 is 0. The highest BCUT2D eigenvalue weighted by molar-refractivity contribution is 5.73. The van der Waals surface area contributed by atoms with Crippen molar-refractivity contribution in [3.05, 3.63) is 41.5 Å². The molecule has 0 bridgehead atoms. The molecule has 0 aromatic heterocycles. The van der Waals surface area contributed by atoms with Gasteiger partial charge < -0.3 is 0 Å². The average molecular weight is 249 g/mol. The molecule has 1 nitrogen and oxygen atoms in total. The number of hydrogen-bond acceptors (Lipinski definition) is 1. The molecule has 19 heavy (non-hydrogen) atoms. The Kier molecular flexibility index (Phi) is 2.52. The summed E-state index contributed by atoms with van der Waals surface area (Å²) in [4.78, 5) is 0. The molecule has 0 spiro atoms. The Labute approximate surface area is 114 Å². The summed E-state index contributed by atoms with van der Waals surface area (Å²) in [7, 11) is 0. The van der Waals surface area contributed by atoms with E-state index in [1.54, 1.807) is 5.57 Å². The summed E-state index contributed by atoms with van der Waals surface area (Å²) in [6.45, 7) is 0. The number of nitriles is 1. The van der Waals surface area contributed by atoms with Crippen molar-refractivity contribution < 1.29 is 0 Å². The molecule has 3 aliphatic rings. The normalized spacial score (nSPS) is 32.8. The molecule has 0 radical (unpaired) electrons. The largest absolute Gasteiger partial charge is 0.198 e. The van der Waals surface area contributed by atoms with E-state index in [9.17, 15) is 5.26 Å². The molecule has 0 N–H and O–H groups in total. The lowest BCUT2D eigenvalue weighted by atomic mass is 9.67. The van der Waals surface area contributed by atoms with E-state index in [4.69, 9.17) is 0 Å². The summed E-state index contributed by atoms with van der Waals surface area (Å²) in [5.74, 6) is 2.23. The van der Waals surface area contributed by atoms with Crippen LogP contribution in [0.2, 0.25) is 0 Å². The third-order valence-corrected chi connectivity index (χ3v) is 5.24. The Hall–Kier alpha value is -1.55. The van der Waals surface area contributed by atoms with Crippen LogP contribution < -0.4 is 0 Å². The maximum absolute atomic E-state index is 9.44. The first kappa shape index (κ1) is 11.3. The quantitative estimate of drug-likeness (QED) is 0.731. The fourth-order valence-corrected chi connectivity index (χ4v) is 4.07. The summed E-state index contributed by atoms with van der Waals surface area (Å²) >= 11 is 0. The predicted octanol–water partition coefficient (Wildman–Crippen LogP) is 4.20. The van der Waals surface area contributed by atoms with Crippen molar-refractivity contribution in [3.63, 3.8) is 0 Å². The van der Waals surface area contributed by atoms with Crippen LogP contribution in [0.25, 0.3) is 5.57 Å². The van der Waals surface area contributed by atoms with Crippen molar-refractivity contribution in [1.82, 2.24) is 0 Å². The minimum absolute atomic E-state index is 0.270. The van der Waals surface area contributed by atoms with Gasteiger partial charge in [0.25, 0.3) is 0 Å². The minimum atomic E-state index is 0.270. The van der Waals surface area contributed by atoms with Gasteiger partial charge in [-0.3, -0.25) is 0 Å². The Morgan fingerprint density at radius 3 is 2.74 bits per heavy atom. The predicted molar refractivity (Wildman–Crippen MR) is 76.2 cm³/mol. The van der Waals surface area contributed by atoms with Crippen LogP contribution in [0.4, 0.5) is 0 Å². The zero-order valence-corrected chi connectivity index (χ0v) is 11.2. The second kappa shape index (κ2) is 4.23. The molecule has 0 heterocycles. The third-order valence-electron chi connectivity index (χ3n) is 5.24. The van der Waals surface area contributed by atoms with Gasteiger partial charge in [0.15, 0.2) is 0 Å². The number of nitrogens with zero attached hydrogens (tertiary/aromatic N) is 1. The van der Waals surface area contributed by atoms with Crippen LogP contribution in [0.1, 0.15) is 36.8 Å². The molecule has 0 unspecified atom stereocenters. The van der Waals surface area contributed by atoms with Crippen LogP contribution in [0.15, 0.2) is 30.3 Å². The standard InChI is InChI=1S/C18H19N/c19-11-15-9-14-8-7-12-3-1-2-4-16(12)18(14)10-17(15)13-5-6-13/h1-4,10,13-15,17H,5-9H2/t14-,15+,17+/m1/s1. The molecule has 1 heteroatoms. The maximum atomic E-state index is 9.44. The van der Waals surface area contributed by atoms with E-state index in [1.807, 2.05) is 0 Å². The van der Waals surface area contributed by atoms with Crippen molar-refractivity contribution in [2.45, 2.75) is 32.1 Å². The Morgan fingerprint density at radius 2 is 1.95 bits per heavy atom. The number of hydrogen-bond donors (Lipinski definition) is 0. The highest BCUT2D eigenvalue weighted by Crippen LogP contribution is 2.51.